The van der Waals surface area contributed by atoms with Gasteiger partial charge in [0.05, 0.1) is 19.3 Å². The summed E-state index contributed by atoms with van der Waals surface area (Å²) in [6, 6.07) is 2.12. The van der Waals surface area contributed by atoms with Crippen molar-refractivity contribution in [2.45, 2.75) is 17.9 Å². The molecule has 1 atom stereocenters. The molecule has 0 fully saturated rings. The first kappa shape index (κ1) is 14.0. The van der Waals surface area contributed by atoms with E-state index in [0.717, 1.165) is 0 Å². The van der Waals surface area contributed by atoms with Gasteiger partial charge in [0, 0.05) is 16.9 Å². The molecule has 0 saturated heterocycles. The van der Waals surface area contributed by atoms with Crippen LogP contribution in [0.2, 0.25) is 0 Å². The lowest BCUT2D eigenvalue weighted by molar-refractivity contribution is -0.0934. The van der Waals surface area contributed by atoms with Gasteiger partial charge in [-0.25, -0.2) is 0 Å². The van der Waals surface area contributed by atoms with Crippen molar-refractivity contribution in [3.8, 4) is 0 Å². The standard InChI is InChI=1S/C11H18O3S2/c1-9(14-8-13-6-5-12-2)11-10(15-3)4-7-16-11/h4,7,9H,5-6,8H2,1-3H3. The number of hydrogen-bond acceptors (Lipinski definition) is 5. The summed E-state index contributed by atoms with van der Waals surface area (Å²) in [6.45, 7) is 3.54. The molecule has 1 aromatic rings. The van der Waals surface area contributed by atoms with Crippen LogP contribution in [0.25, 0.3) is 0 Å². The Morgan fingerprint density at radius 2 is 2.25 bits per heavy atom. The maximum absolute atomic E-state index is 5.59. The Kier molecular flexibility index (Phi) is 7.07. The minimum atomic E-state index is 0.0880. The Morgan fingerprint density at radius 3 is 2.94 bits per heavy atom. The van der Waals surface area contributed by atoms with Crippen LogP contribution in [0.4, 0.5) is 0 Å². The maximum Gasteiger partial charge on any atom is 0.147 e. The maximum atomic E-state index is 5.59. The minimum Gasteiger partial charge on any atom is -0.382 e. The second-order valence-electron chi connectivity index (χ2n) is 3.18. The van der Waals surface area contributed by atoms with Crippen molar-refractivity contribution in [3.05, 3.63) is 16.3 Å². The lowest BCUT2D eigenvalue weighted by atomic mass is 10.3. The molecule has 5 heteroatoms. The zero-order valence-electron chi connectivity index (χ0n) is 9.89. The fourth-order valence-corrected chi connectivity index (χ4v) is 3.05. The van der Waals surface area contributed by atoms with E-state index in [2.05, 4.69) is 17.7 Å². The predicted molar refractivity (Wildman–Crippen MR) is 68.3 cm³/mol. The molecule has 3 nitrogen and oxygen atoms in total. The lowest BCUT2D eigenvalue weighted by Crippen LogP contribution is -2.08. The molecular formula is C11H18O3S2. The SMILES string of the molecule is COCCOCOC(C)c1sccc1SC. The quantitative estimate of drug-likeness (QED) is 0.408. The van der Waals surface area contributed by atoms with Crippen molar-refractivity contribution >= 4 is 23.1 Å². The van der Waals surface area contributed by atoms with E-state index in [4.69, 9.17) is 14.2 Å². The molecule has 0 aliphatic carbocycles. The normalized spacial score (nSPS) is 12.9. The molecule has 0 spiro atoms. The third kappa shape index (κ3) is 4.43. The summed E-state index contributed by atoms with van der Waals surface area (Å²) < 4.78 is 15.7. The second kappa shape index (κ2) is 8.08. The van der Waals surface area contributed by atoms with Crippen LogP contribution in [0.3, 0.4) is 0 Å². The molecule has 16 heavy (non-hydrogen) atoms. The van der Waals surface area contributed by atoms with Crippen LogP contribution < -0.4 is 0 Å². The second-order valence-corrected chi connectivity index (χ2v) is 4.98. The van der Waals surface area contributed by atoms with Gasteiger partial charge in [-0.15, -0.1) is 23.1 Å². The molecule has 1 heterocycles. The van der Waals surface area contributed by atoms with E-state index in [0.29, 0.717) is 20.0 Å². The summed E-state index contributed by atoms with van der Waals surface area (Å²) in [5.41, 5.74) is 0. The molecule has 0 aromatic carbocycles. The summed E-state index contributed by atoms with van der Waals surface area (Å²) in [4.78, 5) is 2.55. The average molecular weight is 262 g/mol. The minimum absolute atomic E-state index is 0.0880. The molecule has 92 valence electrons. The fraction of sp³-hybridized carbons (Fsp3) is 0.636. The van der Waals surface area contributed by atoms with Gasteiger partial charge >= 0.3 is 0 Å². The van der Waals surface area contributed by atoms with E-state index in [1.54, 1.807) is 30.2 Å². The Bertz CT molecular complexity index is 289. The highest BCUT2D eigenvalue weighted by Gasteiger charge is 2.11. The molecular weight excluding hydrogens is 244 g/mol. The molecule has 0 radical (unpaired) electrons. The van der Waals surface area contributed by atoms with Gasteiger partial charge in [0.2, 0.25) is 0 Å². The molecule has 1 unspecified atom stereocenters. The van der Waals surface area contributed by atoms with Gasteiger partial charge < -0.3 is 14.2 Å². The summed E-state index contributed by atoms with van der Waals surface area (Å²) in [5.74, 6) is 0. The highest BCUT2D eigenvalue weighted by molar-refractivity contribution is 7.98. The number of rotatable bonds is 8. The van der Waals surface area contributed by atoms with Gasteiger partial charge in [-0.05, 0) is 24.6 Å². The molecule has 0 bridgehead atoms. The van der Waals surface area contributed by atoms with Crippen LogP contribution in [0.5, 0.6) is 0 Å². The van der Waals surface area contributed by atoms with E-state index >= 15 is 0 Å². The summed E-state index contributed by atoms with van der Waals surface area (Å²) in [6.07, 6.45) is 2.16. The van der Waals surface area contributed by atoms with Crippen LogP contribution in [-0.2, 0) is 14.2 Å². The summed E-state index contributed by atoms with van der Waals surface area (Å²) in [7, 11) is 1.66. The smallest absolute Gasteiger partial charge is 0.147 e. The predicted octanol–water partition coefficient (Wildman–Crippen LogP) is 3.17. The first-order chi connectivity index (χ1) is 7.79. The summed E-state index contributed by atoms with van der Waals surface area (Å²) >= 11 is 3.47. The van der Waals surface area contributed by atoms with Crippen LogP contribution >= 0.6 is 23.1 Å². The van der Waals surface area contributed by atoms with Crippen LogP contribution in [0.1, 0.15) is 17.9 Å². The van der Waals surface area contributed by atoms with Gasteiger partial charge in [-0.1, -0.05) is 0 Å². The highest BCUT2D eigenvalue weighted by atomic mass is 32.2. The van der Waals surface area contributed by atoms with E-state index in [1.165, 1.54) is 9.77 Å². The van der Waals surface area contributed by atoms with Crippen LogP contribution in [-0.4, -0.2) is 33.4 Å². The van der Waals surface area contributed by atoms with Crippen molar-refractivity contribution < 1.29 is 14.2 Å². The largest absolute Gasteiger partial charge is 0.382 e. The Hall–Kier alpha value is -0.0700. The molecule has 0 N–H and O–H groups in total. The zero-order chi connectivity index (χ0) is 11.8. The van der Waals surface area contributed by atoms with Crippen molar-refractivity contribution in [2.75, 3.05) is 33.4 Å². The van der Waals surface area contributed by atoms with Gasteiger partial charge in [-0.3, -0.25) is 0 Å². The number of thiophene rings is 1. The topological polar surface area (TPSA) is 27.7 Å². The average Bonchev–Trinajstić information content (AvgIpc) is 2.76. The number of ether oxygens (including phenoxy) is 3. The van der Waals surface area contributed by atoms with Crippen molar-refractivity contribution in [1.82, 2.24) is 0 Å². The molecule has 1 rings (SSSR count). The van der Waals surface area contributed by atoms with Crippen LogP contribution in [0, 0.1) is 0 Å². The Labute approximate surface area is 105 Å². The molecule has 0 amide bonds. The van der Waals surface area contributed by atoms with E-state index in [1.807, 2.05) is 6.92 Å². The van der Waals surface area contributed by atoms with E-state index in [-0.39, 0.29) is 6.10 Å². The molecule has 0 aliphatic heterocycles. The third-order valence-corrected chi connectivity index (χ3v) is 4.08. The number of thioether (sulfide) groups is 1. The monoisotopic (exact) mass is 262 g/mol. The van der Waals surface area contributed by atoms with Gasteiger partial charge in [-0.2, -0.15) is 0 Å². The van der Waals surface area contributed by atoms with Gasteiger partial charge in [0.25, 0.3) is 0 Å². The fourth-order valence-electron chi connectivity index (χ4n) is 1.20. The first-order valence-corrected chi connectivity index (χ1v) is 7.19. The van der Waals surface area contributed by atoms with Crippen molar-refractivity contribution in [1.29, 1.82) is 0 Å². The van der Waals surface area contributed by atoms with Gasteiger partial charge in [0.1, 0.15) is 6.79 Å². The molecule has 0 saturated carbocycles. The van der Waals surface area contributed by atoms with Crippen molar-refractivity contribution in [3.63, 3.8) is 0 Å². The zero-order valence-corrected chi connectivity index (χ0v) is 11.5. The Morgan fingerprint density at radius 1 is 1.44 bits per heavy atom. The summed E-state index contributed by atoms with van der Waals surface area (Å²) in [5, 5.41) is 2.09. The first-order valence-electron chi connectivity index (χ1n) is 5.09. The van der Waals surface area contributed by atoms with E-state index < -0.39 is 0 Å². The van der Waals surface area contributed by atoms with Crippen molar-refractivity contribution in [2.24, 2.45) is 0 Å². The van der Waals surface area contributed by atoms with Crippen LogP contribution in [0.15, 0.2) is 16.3 Å². The number of hydrogen-bond donors (Lipinski definition) is 0. The number of methoxy groups -OCH3 is 1. The lowest BCUT2D eigenvalue weighted by Gasteiger charge is -2.13. The third-order valence-electron chi connectivity index (χ3n) is 2.08. The highest BCUT2D eigenvalue weighted by Crippen LogP contribution is 2.32. The van der Waals surface area contributed by atoms with Gasteiger partial charge in [0.15, 0.2) is 0 Å². The Balaban J connectivity index is 2.27. The van der Waals surface area contributed by atoms with E-state index in [9.17, 15) is 0 Å². The molecule has 0 aliphatic rings. The molecule has 1 aromatic heterocycles.